The van der Waals surface area contributed by atoms with Crippen LogP contribution in [0.3, 0.4) is 0 Å². The van der Waals surface area contributed by atoms with Crippen LogP contribution in [0.2, 0.25) is 5.02 Å². The predicted molar refractivity (Wildman–Crippen MR) is 67.7 cm³/mol. The van der Waals surface area contributed by atoms with Gasteiger partial charge in [-0.25, -0.2) is 0 Å². The van der Waals surface area contributed by atoms with Gasteiger partial charge in [-0.1, -0.05) is 24.6 Å². The Bertz CT molecular complexity index is 379. The number of halogens is 1. The standard InChI is InChI=1S/C12H17ClN2O/c1-8-3-4-10(13)11(7-8)15-12(16)9(2)5-6-14/h3-4,7,9H,5-6,14H2,1-2H3,(H,15,16). The molecule has 1 aromatic rings. The number of hydrogen-bond acceptors (Lipinski definition) is 2. The number of nitrogens with one attached hydrogen (secondary N) is 1. The Hall–Kier alpha value is -1.06. The summed E-state index contributed by atoms with van der Waals surface area (Å²) in [4.78, 5) is 11.7. The highest BCUT2D eigenvalue weighted by atomic mass is 35.5. The fraction of sp³-hybridized carbons (Fsp3) is 0.417. The van der Waals surface area contributed by atoms with Crippen molar-refractivity contribution in [1.82, 2.24) is 0 Å². The number of aryl methyl sites for hydroxylation is 1. The molecule has 0 saturated heterocycles. The van der Waals surface area contributed by atoms with Crippen LogP contribution in [0.5, 0.6) is 0 Å². The third-order valence-electron chi connectivity index (χ3n) is 2.43. The summed E-state index contributed by atoms with van der Waals surface area (Å²) in [6, 6.07) is 5.54. The summed E-state index contributed by atoms with van der Waals surface area (Å²) in [5.74, 6) is -0.139. The molecule has 3 N–H and O–H groups in total. The van der Waals surface area contributed by atoms with Gasteiger partial charge >= 0.3 is 0 Å². The molecule has 0 aliphatic rings. The Kier molecular flexibility index (Phi) is 4.77. The Morgan fingerprint density at radius 3 is 2.88 bits per heavy atom. The Morgan fingerprint density at radius 1 is 1.56 bits per heavy atom. The molecular formula is C12H17ClN2O. The van der Waals surface area contributed by atoms with Crippen molar-refractivity contribution in [2.75, 3.05) is 11.9 Å². The average Bonchev–Trinajstić information content (AvgIpc) is 2.23. The first kappa shape index (κ1) is 13.0. The van der Waals surface area contributed by atoms with Gasteiger partial charge in [-0.3, -0.25) is 4.79 Å². The van der Waals surface area contributed by atoms with Crippen molar-refractivity contribution in [2.24, 2.45) is 11.7 Å². The lowest BCUT2D eigenvalue weighted by molar-refractivity contribution is -0.119. The monoisotopic (exact) mass is 240 g/mol. The third-order valence-corrected chi connectivity index (χ3v) is 2.76. The molecule has 1 aromatic carbocycles. The van der Waals surface area contributed by atoms with E-state index in [0.29, 0.717) is 23.7 Å². The number of hydrogen-bond donors (Lipinski definition) is 2. The van der Waals surface area contributed by atoms with Crippen LogP contribution in [-0.4, -0.2) is 12.5 Å². The van der Waals surface area contributed by atoms with Crippen molar-refractivity contribution in [2.45, 2.75) is 20.3 Å². The fourth-order valence-corrected chi connectivity index (χ4v) is 1.54. The summed E-state index contributed by atoms with van der Waals surface area (Å²) >= 11 is 5.98. The van der Waals surface area contributed by atoms with E-state index in [9.17, 15) is 4.79 Å². The topological polar surface area (TPSA) is 55.1 Å². The zero-order valence-electron chi connectivity index (χ0n) is 9.59. The van der Waals surface area contributed by atoms with E-state index in [-0.39, 0.29) is 11.8 Å². The lowest BCUT2D eigenvalue weighted by Crippen LogP contribution is -2.22. The average molecular weight is 241 g/mol. The highest BCUT2D eigenvalue weighted by molar-refractivity contribution is 6.33. The van der Waals surface area contributed by atoms with Crippen molar-refractivity contribution in [3.8, 4) is 0 Å². The molecule has 16 heavy (non-hydrogen) atoms. The second kappa shape index (κ2) is 5.87. The van der Waals surface area contributed by atoms with E-state index in [0.717, 1.165) is 5.56 Å². The van der Waals surface area contributed by atoms with Crippen LogP contribution in [0.15, 0.2) is 18.2 Å². The number of carbonyl (C=O) groups is 1. The van der Waals surface area contributed by atoms with Crippen molar-refractivity contribution < 1.29 is 4.79 Å². The van der Waals surface area contributed by atoms with Gasteiger partial charge in [0.2, 0.25) is 5.91 Å². The molecule has 0 heterocycles. The lowest BCUT2D eigenvalue weighted by atomic mass is 10.1. The first-order chi connectivity index (χ1) is 7.54. The van der Waals surface area contributed by atoms with Gasteiger partial charge in [0.1, 0.15) is 0 Å². The molecule has 0 aromatic heterocycles. The van der Waals surface area contributed by atoms with Gasteiger partial charge < -0.3 is 11.1 Å². The fourth-order valence-electron chi connectivity index (χ4n) is 1.37. The van der Waals surface area contributed by atoms with Crippen molar-refractivity contribution in [3.05, 3.63) is 28.8 Å². The smallest absolute Gasteiger partial charge is 0.227 e. The van der Waals surface area contributed by atoms with Crippen LogP contribution in [-0.2, 0) is 4.79 Å². The first-order valence-corrected chi connectivity index (χ1v) is 5.69. The molecule has 88 valence electrons. The molecule has 0 radical (unpaired) electrons. The second-order valence-corrected chi connectivity index (χ2v) is 4.36. The maximum absolute atomic E-state index is 11.7. The molecule has 3 nitrogen and oxygen atoms in total. The van der Waals surface area contributed by atoms with Crippen molar-refractivity contribution in [1.29, 1.82) is 0 Å². The Morgan fingerprint density at radius 2 is 2.25 bits per heavy atom. The number of carbonyl (C=O) groups excluding carboxylic acids is 1. The quantitative estimate of drug-likeness (QED) is 0.850. The molecule has 0 fully saturated rings. The first-order valence-electron chi connectivity index (χ1n) is 5.31. The summed E-state index contributed by atoms with van der Waals surface area (Å²) in [6.07, 6.45) is 0.676. The zero-order valence-corrected chi connectivity index (χ0v) is 10.3. The van der Waals surface area contributed by atoms with Crippen molar-refractivity contribution >= 4 is 23.2 Å². The van der Waals surface area contributed by atoms with E-state index >= 15 is 0 Å². The van der Waals surface area contributed by atoms with E-state index in [4.69, 9.17) is 17.3 Å². The summed E-state index contributed by atoms with van der Waals surface area (Å²) < 4.78 is 0. The number of rotatable bonds is 4. The Balaban J connectivity index is 2.72. The minimum absolute atomic E-state index is 0.0436. The molecule has 1 amide bonds. The maximum Gasteiger partial charge on any atom is 0.227 e. The molecule has 0 saturated carbocycles. The largest absolute Gasteiger partial charge is 0.330 e. The van der Waals surface area contributed by atoms with Crippen molar-refractivity contribution in [3.63, 3.8) is 0 Å². The van der Waals surface area contributed by atoms with Crippen LogP contribution < -0.4 is 11.1 Å². The van der Waals surface area contributed by atoms with Gasteiger partial charge in [0, 0.05) is 5.92 Å². The highest BCUT2D eigenvalue weighted by Gasteiger charge is 2.13. The molecule has 1 atom stereocenters. The molecule has 1 unspecified atom stereocenters. The van der Waals surface area contributed by atoms with E-state index < -0.39 is 0 Å². The minimum atomic E-state index is -0.0958. The molecule has 4 heteroatoms. The summed E-state index contributed by atoms with van der Waals surface area (Å²) in [5, 5.41) is 3.36. The second-order valence-electron chi connectivity index (χ2n) is 3.95. The molecule has 0 aliphatic carbocycles. The van der Waals surface area contributed by atoms with E-state index in [1.165, 1.54) is 0 Å². The molecule has 1 rings (SSSR count). The summed E-state index contributed by atoms with van der Waals surface area (Å²) in [5.41, 5.74) is 7.13. The van der Waals surface area contributed by atoms with E-state index in [2.05, 4.69) is 5.32 Å². The van der Waals surface area contributed by atoms with Gasteiger partial charge in [0.15, 0.2) is 0 Å². The van der Waals surface area contributed by atoms with Crippen LogP contribution >= 0.6 is 11.6 Å². The molecule has 0 spiro atoms. The maximum atomic E-state index is 11.7. The minimum Gasteiger partial charge on any atom is -0.330 e. The summed E-state index contributed by atoms with van der Waals surface area (Å²) in [6.45, 7) is 4.32. The SMILES string of the molecule is Cc1ccc(Cl)c(NC(=O)C(C)CCN)c1. The predicted octanol–water partition coefficient (Wildman–Crippen LogP) is 2.57. The van der Waals surface area contributed by atoms with Crippen LogP contribution in [0.1, 0.15) is 18.9 Å². The van der Waals surface area contributed by atoms with Gasteiger partial charge in [-0.2, -0.15) is 0 Å². The van der Waals surface area contributed by atoms with Gasteiger partial charge in [0.05, 0.1) is 10.7 Å². The summed E-state index contributed by atoms with van der Waals surface area (Å²) in [7, 11) is 0. The number of nitrogens with two attached hydrogens (primary N) is 1. The molecule has 0 bridgehead atoms. The number of benzene rings is 1. The molecular weight excluding hydrogens is 224 g/mol. The highest BCUT2D eigenvalue weighted by Crippen LogP contribution is 2.23. The third kappa shape index (κ3) is 3.51. The van der Waals surface area contributed by atoms with E-state index in [1.54, 1.807) is 6.07 Å². The number of amides is 1. The zero-order chi connectivity index (χ0) is 12.1. The lowest BCUT2D eigenvalue weighted by Gasteiger charge is -2.12. The van der Waals surface area contributed by atoms with Gasteiger partial charge in [-0.05, 0) is 37.6 Å². The van der Waals surface area contributed by atoms with Gasteiger partial charge in [0.25, 0.3) is 0 Å². The van der Waals surface area contributed by atoms with Crippen LogP contribution in [0.4, 0.5) is 5.69 Å². The van der Waals surface area contributed by atoms with Crippen LogP contribution in [0.25, 0.3) is 0 Å². The van der Waals surface area contributed by atoms with Gasteiger partial charge in [-0.15, -0.1) is 0 Å². The van der Waals surface area contributed by atoms with E-state index in [1.807, 2.05) is 26.0 Å². The van der Waals surface area contributed by atoms with Crippen LogP contribution in [0, 0.1) is 12.8 Å². The molecule has 0 aliphatic heterocycles. The number of anilines is 1. The normalized spacial score (nSPS) is 12.2. The Labute approximate surface area is 101 Å².